The predicted molar refractivity (Wildman–Crippen MR) is 69.8 cm³/mol. The molecule has 0 radical (unpaired) electrons. The maximum absolute atomic E-state index is 13.7. The van der Waals surface area contributed by atoms with Crippen LogP contribution >= 0.6 is 11.6 Å². The van der Waals surface area contributed by atoms with E-state index in [4.69, 9.17) is 16.9 Å². The summed E-state index contributed by atoms with van der Waals surface area (Å²) in [5.74, 6) is -1.01. The van der Waals surface area contributed by atoms with E-state index < -0.39 is 17.7 Å². The Morgan fingerprint density at radius 1 is 1.16 bits per heavy atom. The molecule has 5 heteroatoms. The van der Waals surface area contributed by atoms with Gasteiger partial charge in [-0.05, 0) is 30.3 Å². The van der Waals surface area contributed by atoms with Crippen molar-refractivity contribution in [1.82, 2.24) is 0 Å². The quantitative estimate of drug-likeness (QED) is 0.909. The van der Waals surface area contributed by atoms with Gasteiger partial charge in [0.25, 0.3) is 0 Å². The van der Waals surface area contributed by atoms with Crippen LogP contribution in [-0.4, -0.2) is 0 Å². The SMILES string of the molecule is N#CC(Nc1cccc(F)c1)c1ccc(Cl)cc1F. The summed E-state index contributed by atoms with van der Waals surface area (Å²) < 4.78 is 26.8. The van der Waals surface area contributed by atoms with Gasteiger partial charge in [0.05, 0.1) is 6.07 Å². The summed E-state index contributed by atoms with van der Waals surface area (Å²) in [6, 6.07) is 10.7. The molecule has 2 aromatic carbocycles. The fourth-order valence-electron chi connectivity index (χ4n) is 1.66. The molecule has 0 aliphatic rings. The molecule has 0 spiro atoms. The molecule has 0 heterocycles. The Hall–Kier alpha value is -2.12. The second-order valence-electron chi connectivity index (χ2n) is 3.88. The molecule has 0 fully saturated rings. The van der Waals surface area contributed by atoms with Gasteiger partial charge in [0.15, 0.2) is 0 Å². The smallest absolute Gasteiger partial charge is 0.143 e. The molecule has 0 saturated carbocycles. The highest BCUT2D eigenvalue weighted by Crippen LogP contribution is 2.24. The van der Waals surface area contributed by atoms with E-state index in [0.29, 0.717) is 5.69 Å². The minimum absolute atomic E-state index is 0.163. The average Bonchev–Trinajstić information content (AvgIpc) is 2.37. The number of benzene rings is 2. The number of halogens is 3. The van der Waals surface area contributed by atoms with Crippen LogP contribution in [-0.2, 0) is 0 Å². The Morgan fingerprint density at radius 2 is 1.95 bits per heavy atom. The first-order valence-electron chi connectivity index (χ1n) is 5.47. The van der Waals surface area contributed by atoms with Gasteiger partial charge in [-0.1, -0.05) is 23.7 Å². The molecule has 0 aliphatic heterocycles. The normalized spacial score (nSPS) is 11.7. The molecule has 1 N–H and O–H groups in total. The third-order valence-corrected chi connectivity index (χ3v) is 2.77. The maximum Gasteiger partial charge on any atom is 0.143 e. The molecule has 2 rings (SSSR count). The number of anilines is 1. The molecule has 0 bridgehead atoms. The molecule has 19 heavy (non-hydrogen) atoms. The van der Waals surface area contributed by atoms with Crippen molar-refractivity contribution in [2.24, 2.45) is 0 Å². The Balaban J connectivity index is 2.28. The van der Waals surface area contributed by atoms with Crippen LogP contribution in [0.2, 0.25) is 5.02 Å². The summed E-state index contributed by atoms with van der Waals surface area (Å²) in [6.45, 7) is 0. The van der Waals surface area contributed by atoms with Crippen molar-refractivity contribution in [1.29, 1.82) is 5.26 Å². The molecule has 0 amide bonds. The first kappa shape index (κ1) is 13.3. The van der Waals surface area contributed by atoms with Crippen molar-refractivity contribution in [2.45, 2.75) is 6.04 Å². The number of rotatable bonds is 3. The fraction of sp³-hybridized carbons (Fsp3) is 0.0714. The van der Waals surface area contributed by atoms with Gasteiger partial charge in [-0.3, -0.25) is 0 Å². The van der Waals surface area contributed by atoms with Crippen LogP contribution in [0.3, 0.4) is 0 Å². The summed E-state index contributed by atoms with van der Waals surface area (Å²) in [5, 5.41) is 12.1. The second kappa shape index (κ2) is 5.68. The maximum atomic E-state index is 13.7. The number of hydrogen-bond donors (Lipinski definition) is 1. The van der Waals surface area contributed by atoms with Crippen molar-refractivity contribution in [3.63, 3.8) is 0 Å². The lowest BCUT2D eigenvalue weighted by molar-refractivity contribution is 0.607. The Morgan fingerprint density at radius 3 is 2.58 bits per heavy atom. The minimum Gasteiger partial charge on any atom is -0.366 e. The highest BCUT2D eigenvalue weighted by Gasteiger charge is 2.15. The Bertz CT molecular complexity index is 638. The summed E-state index contributed by atoms with van der Waals surface area (Å²) in [6.07, 6.45) is 0. The molecule has 1 unspecified atom stereocenters. The van der Waals surface area contributed by atoms with Crippen LogP contribution in [0.25, 0.3) is 0 Å². The molecule has 2 nitrogen and oxygen atoms in total. The Labute approximate surface area is 114 Å². The van der Waals surface area contributed by atoms with Gasteiger partial charge < -0.3 is 5.32 Å². The van der Waals surface area contributed by atoms with Gasteiger partial charge in [0, 0.05) is 16.3 Å². The van der Waals surface area contributed by atoms with Crippen LogP contribution in [0.5, 0.6) is 0 Å². The highest BCUT2D eigenvalue weighted by atomic mass is 35.5. The number of nitrogens with zero attached hydrogens (tertiary/aromatic N) is 1. The van der Waals surface area contributed by atoms with Gasteiger partial charge in [0.2, 0.25) is 0 Å². The standard InChI is InChI=1S/C14H9ClF2N2/c15-9-4-5-12(13(17)6-9)14(8-18)19-11-3-1-2-10(16)7-11/h1-7,14,19H. The zero-order valence-corrected chi connectivity index (χ0v) is 10.5. The molecular formula is C14H9ClF2N2. The van der Waals surface area contributed by atoms with Crippen molar-refractivity contribution in [2.75, 3.05) is 5.32 Å². The van der Waals surface area contributed by atoms with Gasteiger partial charge in [-0.2, -0.15) is 5.26 Å². The van der Waals surface area contributed by atoms with E-state index in [1.54, 1.807) is 6.07 Å². The number of hydrogen-bond acceptors (Lipinski definition) is 2. The predicted octanol–water partition coefficient (Wildman–Crippen LogP) is 4.29. The van der Waals surface area contributed by atoms with Crippen molar-refractivity contribution >= 4 is 17.3 Å². The largest absolute Gasteiger partial charge is 0.366 e. The van der Waals surface area contributed by atoms with Crippen LogP contribution in [0.1, 0.15) is 11.6 Å². The lowest BCUT2D eigenvalue weighted by Gasteiger charge is -2.14. The molecule has 0 aromatic heterocycles. The fourth-order valence-corrected chi connectivity index (χ4v) is 1.82. The lowest BCUT2D eigenvalue weighted by atomic mass is 10.1. The lowest BCUT2D eigenvalue weighted by Crippen LogP contribution is -2.10. The van der Waals surface area contributed by atoms with E-state index in [2.05, 4.69) is 5.32 Å². The van der Waals surface area contributed by atoms with Gasteiger partial charge in [-0.15, -0.1) is 0 Å². The van der Waals surface area contributed by atoms with E-state index in [-0.39, 0.29) is 10.6 Å². The molecule has 0 aliphatic carbocycles. The summed E-state index contributed by atoms with van der Waals surface area (Å²) in [5.41, 5.74) is 0.567. The monoisotopic (exact) mass is 278 g/mol. The second-order valence-corrected chi connectivity index (χ2v) is 4.32. The van der Waals surface area contributed by atoms with Crippen molar-refractivity contribution in [3.8, 4) is 6.07 Å². The van der Waals surface area contributed by atoms with Gasteiger partial charge in [0.1, 0.15) is 17.7 Å². The van der Waals surface area contributed by atoms with Crippen LogP contribution in [0.4, 0.5) is 14.5 Å². The average molecular weight is 279 g/mol. The molecule has 0 saturated heterocycles. The van der Waals surface area contributed by atoms with E-state index in [9.17, 15) is 8.78 Å². The Kier molecular flexibility index (Phi) is 3.98. The number of nitriles is 1. The first-order chi connectivity index (χ1) is 9.10. The molecule has 1 atom stereocenters. The van der Waals surface area contributed by atoms with E-state index in [1.165, 1.54) is 30.3 Å². The zero-order valence-electron chi connectivity index (χ0n) is 9.70. The van der Waals surface area contributed by atoms with Gasteiger partial charge >= 0.3 is 0 Å². The van der Waals surface area contributed by atoms with Gasteiger partial charge in [-0.25, -0.2) is 8.78 Å². The topological polar surface area (TPSA) is 35.8 Å². The van der Waals surface area contributed by atoms with Crippen molar-refractivity contribution < 1.29 is 8.78 Å². The molecule has 2 aromatic rings. The van der Waals surface area contributed by atoms with E-state index in [0.717, 1.165) is 6.07 Å². The summed E-state index contributed by atoms with van der Waals surface area (Å²) >= 11 is 5.65. The molecule has 96 valence electrons. The third kappa shape index (κ3) is 3.21. The van der Waals surface area contributed by atoms with Crippen molar-refractivity contribution in [3.05, 3.63) is 64.7 Å². The zero-order chi connectivity index (χ0) is 13.8. The summed E-state index contributed by atoms with van der Waals surface area (Å²) in [7, 11) is 0. The van der Waals surface area contributed by atoms with E-state index >= 15 is 0 Å². The first-order valence-corrected chi connectivity index (χ1v) is 5.84. The van der Waals surface area contributed by atoms with Crippen LogP contribution in [0.15, 0.2) is 42.5 Å². The third-order valence-electron chi connectivity index (χ3n) is 2.54. The summed E-state index contributed by atoms with van der Waals surface area (Å²) in [4.78, 5) is 0. The van der Waals surface area contributed by atoms with Crippen LogP contribution < -0.4 is 5.32 Å². The minimum atomic E-state index is -0.918. The van der Waals surface area contributed by atoms with E-state index in [1.807, 2.05) is 6.07 Å². The number of nitrogens with one attached hydrogen (secondary N) is 1. The molecular weight excluding hydrogens is 270 g/mol. The van der Waals surface area contributed by atoms with Crippen LogP contribution in [0, 0.1) is 23.0 Å². The highest BCUT2D eigenvalue weighted by molar-refractivity contribution is 6.30.